The van der Waals surface area contributed by atoms with Gasteiger partial charge in [0.2, 0.25) is 0 Å². The Hall–Kier alpha value is -2.23. The van der Waals surface area contributed by atoms with E-state index in [0.717, 1.165) is 4.47 Å². The van der Waals surface area contributed by atoms with Crippen molar-refractivity contribution in [2.45, 2.75) is 39.2 Å². The van der Waals surface area contributed by atoms with Gasteiger partial charge in [0, 0.05) is 20.5 Å². The summed E-state index contributed by atoms with van der Waals surface area (Å²) in [6.07, 6.45) is 0.588. The SMILES string of the molecule is COC(=O)[C@@H](C)Oc1c(Br)cc(Cl)cc1C=Nn1c(C(C)(C)C)nc2ccc(Br)cc2c1=O. The maximum absolute atomic E-state index is 13.4. The zero-order valence-corrected chi connectivity index (χ0v) is 22.6. The summed E-state index contributed by atoms with van der Waals surface area (Å²) < 4.78 is 13.1. The number of aromatic nitrogens is 2. The Morgan fingerprint density at radius 1 is 1.24 bits per heavy atom. The second-order valence-electron chi connectivity index (χ2n) is 8.30. The molecule has 33 heavy (non-hydrogen) atoms. The lowest BCUT2D eigenvalue weighted by atomic mass is 9.95. The molecule has 1 atom stereocenters. The monoisotopic (exact) mass is 597 g/mol. The minimum atomic E-state index is -0.868. The first-order chi connectivity index (χ1) is 15.4. The maximum atomic E-state index is 13.4. The number of halogens is 3. The second kappa shape index (κ2) is 9.95. The summed E-state index contributed by atoms with van der Waals surface area (Å²) in [5, 5.41) is 5.31. The first-order valence-electron chi connectivity index (χ1n) is 9.93. The number of methoxy groups -OCH3 is 1. The van der Waals surface area contributed by atoms with Crippen molar-refractivity contribution in [3.8, 4) is 5.75 Å². The number of ether oxygens (including phenoxy) is 2. The molecule has 2 aromatic carbocycles. The van der Waals surface area contributed by atoms with Crippen LogP contribution < -0.4 is 10.3 Å². The Bertz CT molecular complexity index is 1320. The first-order valence-corrected chi connectivity index (χ1v) is 11.9. The van der Waals surface area contributed by atoms with Crippen molar-refractivity contribution >= 4 is 66.5 Å². The molecule has 0 amide bonds. The van der Waals surface area contributed by atoms with Gasteiger partial charge in [0.15, 0.2) is 6.10 Å². The van der Waals surface area contributed by atoms with Crippen LogP contribution in [-0.4, -0.2) is 35.1 Å². The van der Waals surface area contributed by atoms with Gasteiger partial charge in [-0.05, 0) is 53.2 Å². The molecule has 0 fully saturated rings. The number of rotatable bonds is 5. The van der Waals surface area contributed by atoms with Gasteiger partial charge < -0.3 is 9.47 Å². The molecule has 3 aromatic rings. The van der Waals surface area contributed by atoms with Gasteiger partial charge >= 0.3 is 5.97 Å². The lowest BCUT2D eigenvalue weighted by Crippen LogP contribution is -2.29. The largest absolute Gasteiger partial charge is 0.477 e. The number of carbonyl (C=O) groups excluding carboxylic acids is 1. The molecule has 0 aliphatic carbocycles. The van der Waals surface area contributed by atoms with Crippen molar-refractivity contribution < 1.29 is 14.3 Å². The van der Waals surface area contributed by atoms with Crippen LogP contribution in [0.5, 0.6) is 5.75 Å². The molecule has 0 N–H and O–H groups in total. The van der Waals surface area contributed by atoms with Crippen molar-refractivity contribution in [1.82, 2.24) is 9.66 Å². The quantitative estimate of drug-likeness (QED) is 0.278. The molecule has 0 bridgehead atoms. The second-order valence-corrected chi connectivity index (χ2v) is 10.5. The predicted octanol–water partition coefficient (Wildman–Crippen LogP) is 5.69. The van der Waals surface area contributed by atoms with Crippen LogP contribution in [0.4, 0.5) is 0 Å². The van der Waals surface area contributed by atoms with Crippen LogP contribution >= 0.6 is 43.5 Å². The number of hydrogen-bond donors (Lipinski definition) is 0. The van der Waals surface area contributed by atoms with Gasteiger partial charge in [-0.3, -0.25) is 4.79 Å². The van der Waals surface area contributed by atoms with Crippen LogP contribution in [0.2, 0.25) is 5.02 Å². The molecule has 0 spiro atoms. The van der Waals surface area contributed by atoms with E-state index in [1.54, 1.807) is 31.2 Å². The normalized spacial score (nSPS) is 12.8. The number of nitrogens with zero attached hydrogens (tertiary/aromatic N) is 3. The average Bonchev–Trinajstić information content (AvgIpc) is 2.73. The summed E-state index contributed by atoms with van der Waals surface area (Å²) in [4.78, 5) is 29.9. The van der Waals surface area contributed by atoms with Crippen molar-refractivity contribution in [1.29, 1.82) is 0 Å². The third kappa shape index (κ3) is 5.65. The van der Waals surface area contributed by atoms with E-state index >= 15 is 0 Å². The standard InChI is InChI=1S/C23H22Br2ClN3O4/c1-12(21(31)32-5)33-19-13(8-15(26)10-17(19)25)11-27-29-20(30)16-9-14(24)6-7-18(16)28-22(29)23(2,3)4/h6-12H,1-5H3/t12-/m1/s1. The van der Waals surface area contributed by atoms with Crippen molar-refractivity contribution in [2.24, 2.45) is 5.10 Å². The summed E-state index contributed by atoms with van der Waals surface area (Å²) in [6, 6.07) is 8.61. The third-order valence-electron chi connectivity index (χ3n) is 4.66. The Morgan fingerprint density at radius 2 is 1.94 bits per heavy atom. The Morgan fingerprint density at radius 3 is 2.58 bits per heavy atom. The van der Waals surface area contributed by atoms with E-state index in [1.807, 2.05) is 26.8 Å². The van der Waals surface area contributed by atoms with E-state index in [9.17, 15) is 9.59 Å². The Labute approximate surface area is 213 Å². The van der Waals surface area contributed by atoms with E-state index in [-0.39, 0.29) is 5.56 Å². The molecule has 0 saturated carbocycles. The first kappa shape index (κ1) is 25.4. The van der Waals surface area contributed by atoms with Crippen LogP contribution in [0.1, 0.15) is 39.1 Å². The minimum absolute atomic E-state index is 0.311. The summed E-state index contributed by atoms with van der Waals surface area (Å²) >= 11 is 13.1. The maximum Gasteiger partial charge on any atom is 0.346 e. The van der Waals surface area contributed by atoms with Crippen LogP contribution in [0.15, 0.2) is 49.2 Å². The highest BCUT2D eigenvalue weighted by Crippen LogP contribution is 2.33. The molecule has 10 heteroatoms. The third-order valence-corrected chi connectivity index (χ3v) is 5.96. The van der Waals surface area contributed by atoms with E-state index in [0.29, 0.717) is 37.5 Å². The summed E-state index contributed by atoms with van der Waals surface area (Å²) in [6.45, 7) is 7.43. The van der Waals surface area contributed by atoms with Gasteiger partial charge in [-0.1, -0.05) is 48.3 Å². The Balaban J connectivity index is 2.19. The smallest absolute Gasteiger partial charge is 0.346 e. The van der Waals surface area contributed by atoms with Crippen LogP contribution in [0.25, 0.3) is 10.9 Å². The van der Waals surface area contributed by atoms with Crippen molar-refractivity contribution in [3.05, 3.63) is 66.0 Å². The van der Waals surface area contributed by atoms with Crippen LogP contribution in [-0.2, 0) is 14.9 Å². The molecule has 0 saturated heterocycles. The lowest BCUT2D eigenvalue weighted by Gasteiger charge is -2.21. The topological polar surface area (TPSA) is 82.8 Å². The molecule has 174 valence electrons. The molecule has 0 aliphatic heterocycles. The van der Waals surface area contributed by atoms with E-state index in [2.05, 4.69) is 37.0 Å². The fourth-order valence-corrected chi connectivity index (χ4v) is 4.34. The molecule has 7 nitrogen and oxygen atoms in total. The van der Waals surface area contributed by atoms with Crippen molar-refractivity contribution in [3.63, 3.8) is 0 Å². The molecule has 1 heterocycles. The van der Waals surface area contributed by atoms with Crippen LogP contribution in [0.3, 0.4) is 0 Å². The highest BCUT2D eigenvalue weighted by molar-refractivity contribution is 9.10. The minimum Gasteiger partial charge on any atom is -0.477 e. The number of hydrogen-bond acceptors (Lipinski definition) is 6. The fourth-order valence-electron chi connectivity index (χ4n) is 3.05. The van der Waals surface area contributed by atoms with Gasteiger partial charge in [0.1, 0.15) is 11.6 Å². The average molecular weight is 600 g/mol. The molecule has 0 aliphatic rings. The summed E-state index contributed by atoms with van der Waals surface area (Å²) in [5.74, 6) is 0.295. The molecule has 3 rings (SSSR count). The van der Waals surface area contributed by atoms with Gasteiger partial charge in [-0.25, -0.2) is 9.78 Å². The zero-order chi connectivity index (χ0) is 24.5. The lowest BCUT2D eigenvalue weighted by molar-refractivity contribution is -0.147. The molecular weight excluding hydrogens is 578 g/mol. The van der Waals surface area contributed by atoms with Gasteiger partial charge in [0.05, 0.1) is 28.7 Å². The van der Waals surface area contributed by atoms with E-state index in [4.69, 9.17) is 26.1 Å². The highest BCUT2D eigenvalue weighted by atomic mass is 79.9. The van der Waals surface area contributed by atoms with E-state index < -0.39 is 17.5 Å². The van der Waals surface area contributed by atoms with Crippen LogP contribution in [0, 0.1) is 0 Å². The van der Waals surface area contributed by atoms with Crippen molar-refractivity contribution in [2.75, 3.05) is 7.11 Å². The number of esters is 1. The molecule has 0 unspecified atom stereocenters. The highest BCUT2D eigenvalue weighted by Gasteiger charge is 2.23. The number of carbonyl (C=O) groups is 1. The number of fused-ring (bicyclic) bond motifs is 1. The molecule has 1 aromatic heterocycles. The summed E-state index contributed by atoms with van der Waals surface area (Å²) in [5.41, 5.74) is 0.270. The van der Waals surface area contributed by atoms with Gasteiger partial charge in [-0.2, -0.15) is 9.78 Å². The van der Waals surface area contributed by atoms with E-state index in [1.165, 1.54) is 18.0 Å². The van der Waals surface area contributed by atoms with Gasteiger partial charge in [-0.15, -0.1) is 0 Å². The molecular formula is C23H22Br2ClN3O4. The molecule has 0 radical (unpaired) electrons. The van der Waals surface area contributed by atoms with Gasteiger partial charge in [0.25, 0.3) is 5.56 Å². The summed E-state index contributed by atoms with van der Waals surface area (Å²) in [7, 11) is 1.28. The fraction of sp³-hybridized carbons (Fsp3) is 0.304. The predicted molar refractivity (Wildman–Crippen MR) is 137 cm³/mol. The number of benzene rings is 2. The Kier molecular flexibility index (Phi) is 7.65. The zero-order valence-electron chi connectivity index (χ0n) is 18.6.